The second-order valence-electron chi connectivity index (χ2n) is 7.85. The fourth-order valence-electron chi connectivity index (χ4n) is 4.78. The lowest BCUT2D eigenvalue weighted by Crippen LogP contribution is -2.25. The van der Waals surface area contributed by atoms with E-state index in [0.717, 1.165) is 30.1 Å². The average molecular weight is 309 g/mol. The first-order chi connectivity index (χ1) is 10.8. The van der Waals surface area contributed by atoms with E-state index in [1.807, 2.05) is 0 Å². The highest BCUT2D eigenvalue weighted by Crippen LogP contribution is 2.42. The van der Waals surface area contributed by atoms with Gasteiger partial charge in [0.1, 0.15) is 0 Å². The maximum absolute atomic E-state index is 12.0. The monoisotopic (exact) mass is 308 g/mol. The van der Waals surface area contributed by atoms with Crippen molar-refractivity contribution >= 4 is 0 Å². The number of halogens is 1. The Balaban J connectivity index is 1.57. The SMILES string of the molecule is CCC1CCC(C2CCC(CCC=CCCCF)CC2)CC1. The van der Waals surface area contributed by atoms with Gasteiger partial charge in [0.2, 0.25) is 0 Å². The molecule has 0 aromatic heterocycles. The molecule has 0 radical (unpaired) electrons. The van der Waals surface area contributed by atoms with E-state index in [-0.39, 0.29) is 6.67 Å². The third-order valence-electron chi connectivity index (χ3n) is 6.44. The van der Waals surface area contributed by atoms with Crippen molar-refractivity contribution in [3.8, 4) is 0 Å². The molecule has 0 amide bonds. The summed E-state index contributed by atoms with van der Waals surface area (Å²) in [5.74, 6) is 4.12. The molecule has 0 saturated heterocycles. The summed E-state index contributed by atoms with van der Waals surface area (Å²) in [4.78, 5) is 0. The van der Waals surface area contributed by atoms with E-state index in [2.05, 4.69) is 19.1 Å². The van der Waals surface area contributed by atoms with E-state index in [9.17, 15) is 4.39 Å². The quantitative estimate of drug-likeness (QED) is 0.331. The summed E-state index contributed by atoms with van der Waals surface area (Å²) < 4.78 is 12.0. The standard InChI is InChI=1S/C21H37F/c1-2-18-9-13-20(14-10-18)21-15-11-19(12-16-21)8-6-4-3-5-7-17-22/h3-4,18-21H,2,5-17H2,1H3. The van der Waals surface area contributed by atoms with Crippen LogP contribution in [0.1, 0.15) is 90.4 Å². The van der Waals surface area contributed by atoms with E-state index in [0.29, 0.717) is 6.42 Å². The zero-order valence-corrected chi connectivity index (χ0v) is 14.7. The molecule has 0 aromatic carbocycles. The van der Waals surface area contributed by atoms with Crippen LogP contribution in [0.2, 0.25) is 0 Å². The lowest BCUT2D eigenvalue weighted by Gasteiger charge is -2.37. The van der Waals surface area contributed by atoms with Crippen LogP contribution >= 0.6 is 0 Å². The number of unbranched alkanes of at least 4 members (excludes halogenated alkanes) is 1. The molecule has 0 aliphatic heterocycles. The topological polar surface area (TPSA) is 0 Å². The minimum Gasteiger partial charge on any atom is -0.251 e. The fraction of sp³-hybridized carbons (Fsp3) is 0.905. The lowest BCUT2D eigenvalue weighted by atomic mass is 9.68. The molecule has 2 aliphatic carbocycles. The van der Waals surface area contributed by atoms with Crippen LogP contribution < -0.4 is 0 Å². The summed E-state index contributed by atoms with van der Waals surface area (Å²) in [6.07, 6.45) is 22.0. The van der Waals surface area contributed by atoms with Gasteiger partial charge in [-0.15, -0.1) is 0 Å². The molecule has 0 aromatic rings. The zero-order chi connectivity index (χ0) is 15.6. The summed E-state index contributed by atoms with van der Waals surface area (Å²) in [7, 11) is 0. The third-order valence-corrected chi connectivity index (χ3v) is 6.44. The molecule has 1 heteroatoms. The largest absolute Gasteiger partial charge is 0.251 e. The number of allylic oxidation sites excluding steroid dienone is 2. The molecule has 0 N–H and O–H groups in total. The second-order valence-corrected chi connectivity index (χ2v) is 7.85. The smallest absolute Gasteiger partial charge is 0.0897 e. The Morgan fingerprint density at radius 3 is 1.86 bits per heavy atom. The zero-order valence-electron chi connectivity index (χ0n) is 14.7. The van der Waals surface area contributed by atoms with E-state index in [1.54, 1.807) is 0 Å². The molecule has 2 aliphatic rings. The molecule has 0 spiro atoms. The van der Waals surface area contributed by atoms with Gasteiger partial charge in [0, 0.05) is 0 Å². The second kappa shape index (κ2) is 10.4. The van der Waals surface area contributed by atoms with Gasteiger partial charge in [0.25, 0.3) is 0 Å². The van der Waals surface area contributed by atoms with Crippen molar-refractivity contribution in [1.82, 2.24) is 0 Å². The molecule has 0 unspecified atom stereocenters. The van der Waals surface area contributed by atoms with Crippen LogP contribution in [-0.2, 0) is 0 Å². The van der Waals surface area contributed by atoms with Crippen molar-refractivity contribution in [2.24, 2.45) is 23.7 Å². The maximum atomic E-state index is 12.0. The first kappa shape index (κ1) is 18.0. The van der Waals surface area contributed by atoms with Gasteiger partial charge in [-0.05, 0) is 75.0 Å². The predicted molar refractivity (Wildman–Crippen MR) is 94.8 cm³/mol. The van der Waals surface area contributed by atoms with E-state index in [4.69, 9.17) is 0 Å². The Bertz CT molecular complexity index is 293. The summed E-state index contributed by atoms with van der Waals surface area (Å²) in [5, 5.41) is 0. The molecule has 2 saturated carbocycles. The fourth-order valence-corrected chi connectivity index (χ4v) is 4.78. The van der Waals surface area contributed by atoms with Crippen molar-refractivity contribution in [3.05, 3.63) is 12.2 Å². The highest BCUT2D eigenvalue weighted by atomic mass is 19.1. The minimum absolute atomic E-state index is 0.172. The summed E-state index contributed by atoms with van der Waals surface area (Å²) in [6.45, 7) is 2.19. The molecule has 2 rings (SSSR count). The molecule has 0 heterocycles. The number of rotatable bonds is 8. The molecule has 22 heavy (non-hydrogen) atoms. The Kier molecular flexibility index (Phi) is 8.55. The van der Waals surface area contributed by atoms with Crippen LogP contribution in [0.5, 0.6) is 0 Å². The summed E-state index contributed by atoms with van der Waals surface area (Å²) in [5.41, 5.74) is 0. The van der Waals surface area contributed by atoms with E-state index in [1.165, 1.54) is 70.6 Å². The van der Waals surface area contributed by atoms with Crippen molar-refractivity contribution < 1.29 is 4.39 Å². The molecule has 0 atom stereocenters. The van der Waals surface area contributed by atoms with Crippen LogP contribution in [0.4, 0.5) is 4.39 Å². The van der Waals surface area contributed by atoms with Crippen LogP contribution in [0.25, 0.3) is 0 Å². The van der Waals surface area contributed by atoms with Crippen molar-refractivity contribution in [1.29, 1.82) is 0 Å². The number of hydrogen-bond donors (Lipinski definition) is 0. The van der Waals surface area contributed by atoms with Gasteiger partial charge in [0.15, 0.2) is 0 Å². The predicted octanol–water partition coefficient (Wildman–Crippen LogP) is 7.10. The van der Waals surface area contributed by atoms with Gasteiger partial charge >= 0.3 is 0 Å². The Morgan fingerprint density at radius 1 is 0.773 bits per heavy atom. The van der Waals surface area contributed by atoms with Crippen molar-refractivity contribution in [3.63, 3.8) is 0 Å². The summed E-state index contributed by atoms with van der Waals surface area (Å²) in [6, 6.07) is 0. The van der Waals surface area contributed by atoms with Gasteiger partial charge in [-0.1, -0.05) is 51.2 Å². The van der Waals surface area contributed by atoms with Crippen LogP contribution in [0, 0.1) is 23.7 Å². The Labute approximate surface area is 138 Å². The van der Waals surface area contributed by atoms with Gasteiger partial charge in [-0.3, -0.25) is 4.39 Å². The first-order valence-corrected chi connectivity index (χ1v) is 10.0. The van der Waals surface area contributed by atoms with Crippen LogP contribution in [-0.4, -0.2) is 6.67 Å². The van der Waals surface area contributed by atoms with E-state index >= 15 is 0 Å². The third kappa shape index (κ3) is 6.05. The Morgan fingerprint density at radius 2 is 1.32 bits per heavy atom. The molecular formula is C21H37F. The van der Waals surface area contributed by atoms with Crippen molar-refractivity contribution in [2.75, 3.05) is 6.67 Å². The van der Waals surface area contributed by atoms with Gasteiger partial charge in [0.05, 0.1) is 6.67 Å². The molecule has 128 valence electrons. The van der Waals surface area contributed by atoms with Gasteiger partial charge in [-0.2, -0.15) is 0 Å². The van der Waals surface area contributed by atoms with E-state index < -0.39 is 0 Å². The Hall–Kier alpha value is -0.330. The highest BCUT2D eigenvalue weighted by molar-refractivity contribution is 4.85. The first-order valence-electron chi connectivity index (χ1n) is 10.0. The minimum atomic E-state index is -0.172. The molecule has 0 nitrogen and oxygen atoms in total. The number of alkyl halides is 1. The summed E-state index contributed by atoms with van der Waals surface area (Å²) >= 11 is 0. The highest BCUT2D eigenvalue weighted by Gasteiger charge is 2.30. The molecule has 0 bridgehead atoms. The van der Waals surface area contributed by atoms with Crippen LogP contribution in [0.3, 0.4) is 0 Å². The maximum Gasteiger partial charge on any atom is 0.0897 e. The molecule has 2 fully saturated rings. The van der Waals surface area contributed by atoms with Crippen molar-refractivity contribution in [2.45, 2.75) is 90.4 Å². The average Bonchev–Trinajstić information content (AvgIpc) is 2.59. The normalized spacial score (nSPS) is 33.4. The van der Waals surface area contributed by atoms with Gasteiger partial charge in [-0.25, -0.2) is 0 Å². The lowest BCUT2D eigenvalue weighted by molar-refractivity contribution is 0.143. The van der Waals surface area contributed by atoms with Gasteiger partial charge < -0.3 is 0 Å². The van der Waals surface area contributed by atoms with Crippen LogP contribution in [0.15, 0.2) is 12.2 Å². The number of hydrogen-bond acceptors (Lipinski definition) is 0. The molecular weight excluding hydrogens is 271 g/mol.